The van der Waals surface area contributed by atoms with Crippen molar-refractivity contribution in [2.45, 2.75) is 19.3 Å². The molecule has 0 fully saturated rings. The lowest BCUT2D eigenvalue weighted by molar-refractivity contribution is -0.136. The lowest BCUT2D eigenvalue weighted by atomic mass is 10.2. The highest BCUT2D eigenvalue weighted by Gasteiger charge is 2.15. The average molecular weight is 457 g/mol. The van der Waals surface area contributed by atoms with Crippen LogP contribution in [0.4, 0.5) is 0 Å². The van der Waals surface area contributed by atoms with E-state index in [9.17, 15) is 9.59 Å². The minimum Gasteiger partial charge on any atom is -0.426 e. The summed E-state index contributed by atoms with van der Waals surface area (Å²) >= 11 is 29.3. The molecule has 0 aliphatic carbocycles. The van der Waals surface area contributed by atoms with Crippen molar-refractivity contribution in [3.63, 3.8) is 0 Å². The van der Waals surface area contributed by atoms with Crippen LogP contribution in [0.15, 0.2) is 30.3 Å². The summed E-state index contributed by atoms with van der Waals surface area (Å²) in [6.07, 6.45) is 0.191. The fourth-order valence-electron chi connectivity index (χ4n) is 1.94. The van der Waals surface area contributed by atoms with Crippen LogP contribution >= 0.6 is 58.0 Å². The van der Waals surface area contributed by atoms with Crippen molar-refractivity contribution in [3.05, 3.63) is 55.4 Å². The smallest absolute Gasteiger partial charge is 0.311 e. The minimum atomic E-state index is -0.588. The van der Waals surface area contributed by atoms with Crippen LogP contribution < -0.4 is 9.47 Å². The lowest BCUT2D eigenvalue weighted by Crippen LogP contribution is -2.12. The first-order valence-corrected chi connectivity index (χ1v) is 9.15. The van der Waals surface area contributed by atoms with Crippen LogP contribution in [0.25, 0.3) is 0 Å². The van der Waals surface area contributed by atoms with Crippen molar-refractivity contribution in [1.82, 2.24) is 0 Å². The number of hydrogen-bond donors (Lipinski definition) is 0. The average Bonchev–Trinajstić information content (AvgIpc) is 2.49. The van der Waals surface area contributed by atoms with Gasteiger partial charge in [-0.3, -0.25) is 9.59 Å². The maximum atomic E-state index is 11.9. The van der Waals surface area contributed by atoms with E-state index in [1.807, 2.05) is 0 Å². The van der Waals surface area contributed by atoms with Gasteiger partial charge >= 0.3 is 11.9 Å². The third kappa shape index (κ3) is 6.53. The van der Waals surface area contributed by atoms with Crippen molar-refractivity contribution in [3.8, 4) is 11.5 Å². The van der Waals surface area contributed by atoms with Gasteiger partial charge in [0.25, 0.3) is 0 Å². The number of carbonyl (C=O) groups is 2. The molecule has 0 atom stereocenters. The summed E-state index contributed by atoms with van der Waals surface area (Å²) in [5.74, 6) is -0.859. The van der Waals surface area contributed by atoms with E-state index in [1.165, 1.54) is 30.3 Å². The first-order chi connectivity index (χ1) is 12.2. The lowest BCUT2D eigenvalue weighted by Gasteiger charge is -2.09. The molecule has 0 unspecified atom stereocenters. The van der Waals surface area contributed by atoms with E-state index in [0.717, 1.165) is 0 Å². The number of halogens is 5. The highest BCUT2D eigenvalue weighted by molar-refractivity contribution is 6.40. The molecule has 0 saturated carbocycles. The van der Waals surface area contributed by atoms with Gasteiger partial charge in [0.1, 0.15) is 5.75 Å². The summed E-state index contributed by atoms with van der Waals surface area (Å²) in [6, 6.07) is 7.26. The fraction of sp³-hybridized carbons (Fsp3) is 0.176. The van der Waals surface area contributed by atoms with Gasteiger partial charge in [0.05, 0.1) is 10.0 Å². The van der Waals surface area contributed by atoms with Crippen molar-refractivity contribution in [2.75, 3.05) is 0 Å². The summed E-state index contributed by atoms with van der Waals surface area (Å²) in [4.78, 5) is 23.7. The molecule has 0 saturated heterocycles. The Balaban J connectivity index is 1.82. The number of ether oxygens (including phenoxy) is 2. The van der Waals surface area contributed by atoms with Crippen LogP contribution in [0.2, 0.25) is 25.1 Å². The highest BCUT2D eigenvalue weighted by atomic mass is 35.5. The zero-order valence-electron chi connectivity index (χ0n) is 13.0. The van der Waals surface area contributed by atoms with Gasteiger partial charge < -0.3 is 9.47 Å². The zero-order chi connectivity index (χ0) is 19.3. The van der Waals surface area contributed by atoms with Gasteiger partial charge in [-0.2, -0.15) is 0 Å². The summed E-state index contributed by atoms with van der Waals surface area (Å²) in [5.41, 5.74) is 0. The molecule has 2 aromatic carbocycles. The summed E-state index contributed by atoms with van der Waals surface area (Å²) in [5, 5.41) is 1.26. The molecule has 0 aromatic heterocycles. The van der Waals surface area contributed by atoms with E-state index in [0.29, 0.717) is 15.1 Å². The number of hydrogen-bond acceptors (Lipinski definition) is 4. The van der Waals surface area contributed by atoms with E-state index >= 15 is 0 Å². The number of carbonyl (C=O) groups excluding carboxylic acids is 2. The molecule has 4 nitrogen and oxygen atoms in total. The van der Waals surface area contributed by atoms with Gasteiger partial charge in [0.2, 0.25) is 0 Å². The zero-order valence-corrected chi connectivity index (χ0v) is 16.8. The second-order valence-corrected chi connectivity index (χ2v) is 7.23. The Morgan fingerprint density at radius 1 is 0.692 bits per heavy atom. The first kappa shape index (κ1) is 21.1. The van der Waals surface area contributed by atoms with Crippen LogP contribution in [-0.4, -0.2) is 11.9 Å². The maximum Gasteiger partial charge on any atom is 0.311 e. The quantitative estimate of drug-likeness (QED) is 0.361. The molecule has 0 bridgehead atoms. The highest BCUT2D eigenvalue weighted by Crippen LogP contribution is 2.36. The molecule has 26 heavy (non-hydrogen) atoms. The maximum absolute atomic E-state index is 11.9. The Morgan fingerprint density at radius 3 is 1.69 bits per heavy atom. The van der Waals surface area contributed by atoms with Gasteiger partial charge in [-0.25, -0.2) is 0 Å². The van der Waals surface area contributed by atoms with Crippen molar-refractivity contribution < 1.29 is 19.1 Å². The molecular weight excluding hydrogens is 445 g/mol. The Labute approximate surface area is 174 Å². The van der Waals surface area contributed by atoms with Gasteiger partial charge in [0, 0.05) is 27.9 Å². The SMILES string of the molecule is O=C(CCCC(=O)Oc1c(Cl)cc(Cl)cc1Cl)Oc1cc(Cl)cc(Cl)c1. The van der Waals surface area contributed by atoms with E-state index in [2.05, 4.69) is 0 Å². The predicted molar refractivity (Wildman–Crippen MR) is 103 cm³/mol. The third-order valence-electron chi connectivity index (χ3n) is 3.01. The predicted octanol–water partition coefficient (Wildman–Crippen LogP) is 6.63. The van der Waals surface area contributed by atoms with Gasteiger partial charge in [-0.1, -0.05) is 58.0 Å². The van der Waals surface area contributed by atoms with Crippen molar-refractivity contribution >= 4 is 69.9 Å². The molecule has 138 valence electrons. The molecule has 0 aliphatic heterocycles. The monoisotopic (exact) mass is 454 g/mol. The Bertz CT molecular complexity index is 795. The molecule has 0 radical (unpaired) electrons. The second-order valence-electron chi connectivity index (χ2n) is 5.11. The molecule has 0 N–H and O–H groups in total. The van der Waals surface area contributed by atoms with Gasteiger partial charge in [-0.15, -0.1) is 0 Å². The normalized spacial score (nSPS) is 10.5. The Hall–Kier alpha value is -1.17. The number of rotatable bonds is 6. The van der Waals surface area contributed by atoms with Crippen LogP contribution in [-0.2, 0) is 9.59 Å². The molecule has 0 amide bonds. The molecular formula is C17H11Cl5O4. The van der Waals surface area contributed by atoms with Crippen LogP contribution in [0, 0.1) is 0 Å². The van der Waals surface area contributed by atoms with E-state index in [4.69, 9.17) is 67.5 Å². The molecule has 9 heteroatoms. The molecule has 0 heterocycles. The standard InChI is InChI=1S/C17H11Cl5O4/c18-9-4-10(19)6-12(5-9)25-15(23)2-1-3-16(24)26-17-13(21)7-11(20)8-14(17)22/h4-8H,1-3H2. The molecule has 0 aliphatic rings. The third-order valence-corrected chi connectivity index (χ3v) is 4.22. The molecule has 2 rings (SSSR count). The topological polar surface area (TPSA) is 52.6 Å². The van der Waals surface area contributed by atoms with Crippen LogP contribution in [0.1, 0.15) is 19.3 Å². The summed E-state index contributed by atoms with van der Waals surface area (Å²) in [7, 11) is 0. The van der Waals surface area contributed by atoms with Crippen LogP contribution in [0.5, 0.6) is 11.5 Å². The van der Waals surface area contributed by atoms with E-state index in [-0.39, 0.29) is 40.8 Å². The molecule has 0 spiro atoms. The first-order valence-electron chi connectivity index (χ1n) is 7.26. The Morgan fingerprint density at radius 2 is 1.15 bits per heavy atom. The van der Waals surface area contributed by atoms with Crippen molar-refractivity contribution in [2.24, 2.45) is 0 Å². The van der Waals surface area contributed by atoms with Crippen LogP contribution in [0.3, 0.4) is 0 Å². The fourth-order valence-corrected chi connectivity index (χ4v) is 3.34. The van der Waals surface area contributed by atoms with E-state index in [1.54, 1.807) is 0 Å². The summed E-state index contributed by atoms with van der Waals surface area (Å²) in [6.45, 7) is 0. The molecule has 2 aromatic rings. The van der Waals surface area contributed by atoms with Crippen molar-refractivity contribution in [1.29, 1.82) is 0 Å². The largest absolute Gasteiger partial charge is 0.426 e. The minimum absolute atomic E-state index is 0.00130. The number of benzene rings is 2. The summed E-state index contributed by atoms with van der Waals surface area (Å²) < 4.78 is 10.2. The second kappa shape index (κ2) is 9.67. The number of esters is 2. The van der Waals surface area contributed by atoms with Gasteiger partial charge in [0.15, 0.2) is 5.75 Å². The van der Waals surface area contributed by atoms with Gasteiger partial charge in [-0.05, 0) is 36.8 Å². The Kier molecular flexibility index (Phi) is 7.86. The van der Waals surface area contributed by atoms with E-state index < -0.39 is 11.9 Å².